The zero-order valence-electron chi connectivity index (χ0n) is 12.3. The first kappa shape index (κ1) is 12.6. The third kappa shape index (κ3) is 1.93. The minimum atomic E-state index is 0.778. The number of nitrogens with zero attached hydrogens (tertiary/aromatic N) is 3. The molecule has 0 saturated carbocycles. The molecule has 1 aliphatic heterocycles. The summed E-state index contributed by atoms with van der Waals surface area (Å²) in [5.41, 5.74) is 1.55. The number of piperidine rings is 1. The molecule has 2 aliphatic rings. The highest BCUT2D eigenvalue weighted by Crippen LogP contribution is 2.41. The summed E-state index contributed by atoms with van der Waals surface area (Å²) in [5.74, 6) is 2.92. The molecule has 1 saturated heterocycles. The van der Waals surface area contributed by atoms with E-state index in [0.29, 0.717) is 0 Å². The van der Waals surface area contributed by atoms with E-state index in [9.17, 15) is 0 Å². The molecule has 0 N–H and O–H groups in total. The Hall–Kier alpha value is -1.16. The maximum atomic E-state index is 4.83. The summed E-state index contributed by atoms with van der Waals surface area (Å²) in [6, 6.07) is 0. The van der Waals surface area contributed by atoms with E-state index in [0.717, 1.165) is 24.8 Å². The molecule has 1 fully saturated rings. The predicted octanol–water partition coefficient (Wildman–Crippen LogP) is 3.72. The van der Waals surface area contributed by atoms with Gasteiger partial charge in [-0.05, 0) is 50.5 Å². The lowest BCUT2D eigenvalue weighted by Gasteiger charge is -2.32. The Labute approximate surface area is 124 Å². The van der Waals surface area contributed by atoms with Crippen molar-refractivity contribution in [3.8, 4) is 0 Å². The normalized spacial score (nSPS) is 22.5. The zero-order chi connectivity index (χ0) is 13.7. The third-order valence-electron chi connectivity index (χ3n) is 4.61. The Morgan fingerprint density at radius 3 is 2.95 bits per heavy atom. The van der Waals surface area contributed by atoms with Crippen molar-refractivity contribution in [3.05, 3.63) is 16.3 Å². The van der Waals surface area contributed by atoms with E-state index in [1.807, 2.05) is 18.3 Å². The molecule has 0 amide bonds. The fraction of sp³-hybridized carbons (Fsp3) is 0.625. The number of aromatic nitrogens is 2. The van der Waals surface area contributed by atoms with E-state index in [4.69, 9.17) is 9.97 Å². The van der Waals surface area contributed by atoms with Crippen molar-refractivity contribution < 1.29 is 0 Å². The Kier molecular flexibility index (Phi) is 2.95. The molecule has 3 nitrogen and oxygen atoms in total. The summed E-state index contributed by atoms with van der Waals surface area (Å²) < 4.78 is 0. The molecule has 0 aromatic carbocycles. The first-order valence-corrected chi connectivity index (χ1v) is 8.58. The first-order valence-electron chi connectivity index (χ1n) is 7.76. The maximum Gasteiger partial charge on any atom is 0.141 e. The Bertz CT molecular complexity index is 661. The standard InChI is InChI=1S/C16H21N3S/c1-10-5-4-8-19(9-10)15-14-12-6-3-7-13(12)20-16(14)18-11(2)17-15/h10H,3-9H2,1-2H3. The SMILES string of the molecule is Cc1nc(N2CCCC(C)C2)c2c3c(sc2n1)CCC3. The van der Waals surface area contributed by atoms with E-state index in [2.05, 4.69) is 11.8 Å². The highest BCUT2D eigenvalue weighted by atomic mass is 32.1. The summed E-state index contributed by atoms with van der Waals surface area (Å²) in [6.45, 7) is 6.69. The average Bonchev–Trinajstić information content (AvgIpc) is 2.97. The van der Waals surface area contributed by atoms with Gasteiger partial charge in [0.05, 0.1) is 5.39 Å². The van der Waals surface area contributed by atoms with Crippen LogP contribution in [0.2, 0.25) is 0 Å². The van der Waals surface area contributed by atoms with Crippen LogP contribution in [0.3, 0.4) is 0 Å². The predicted molar refractivity (Wildman–Crippen MR) is 84.8 cm³/mol. The number of thiophene rings is 1. The molecular weight excluding hydrogens is 266 g/mol. The van der Waals surface area contributed by atoms with E-state index >= 15 is 0 Å². The van der Waals surface area contributed by atoms with E-state index in [-0.39, 0.29) is 0 Å². The molecule has 2 aromatic rings. The van der Waals surface area contributed by atoms with Crippen molar-refractivity contribution >= 4 is 27.4 Å². The van der Waals surface area contributed by atoms with Gasteiger partial charge in [0.1, 0.15) is 16.5 Å². The van der Waals surface area contributed by atoms with Gasteiger partial charge >= 0.3 is 0 Å². The second-order valence-corrected chi connectivity index (χ2v) is 7.41. The van der Waals surface area contributed by atoms with Crippen LogP contribution in [0.5, 0.6) is 0 Å². The van der Waals surface area contributed by atoms with Crippen molar-refractivity contribution in [3.63, 3.8) is 0 Å². The molecule has 1 aliphatic carbocycles. The molecular formula is C16H21N3S. The van der Waals surface area contributed by atoms with Crippen LogP contribution in [-0.2, 0) is 12.8 Å². The summed E-state index contributed by atoms with van der Waals surface area (Å²) in [4.78, 5) is 14.8. The van der Waals surface area contributed by atoms with Gasteiger partial charge in [-0.2, -0.15) is 0 Å². The molecule has 3 heterocycles. The Morgan fingerprint density at radius 1 is 1.20 bits per heavy atom. The third-order valence-corrected chi connectivity index (χ3v) is 5.80. The fourth-order valence-corrected chi connectivity index (χ4v) is 4.99. The molecule has 0 spiro atoms. The molecule has 0 radical (unpaired) electrons. The molecule has 20 heavy (non-hydrogen) atoms. The van der Waals surface area contributed by atoms with Gasteiger partial charge in [-0.25, -0.2) is 9.97 Å². The highest BCUT2D eigenvalue weighted by molar-refractivity contribution is 7.19. The van der Waals surface area contributed by atoms with Crippen molar-refractivity contribution in [1.82, 2.24) is 9.97 Å². The molecule has 2 aromatic heterocycles. The van der Waals surface area contributed by atoms with Gasteiger partial charge < -0.3 is 4.90 Å². The summed E-state index contributed by atoms with van der Waals surface area (Å²) >= 11 is 1.90. The number of rotatable bonds is 1. The summed E-state index contributed by atoms with van der Waals surface area (Å²) in [7, 11) is 0. The molecule has 1 atom stereocenters. The topological polar surface area (TPSA) is 29.0 Å². The average molecular weight is 287 g/mol. The van der Waals surface area contributed by atoms with E-state index in [1.165, 1.54) is 48.1 Å². The summed E-state index contributed by atoms with van der Waals surface area (Å²) in [5, 5.41) is 1.38. The minimum absolute atomic E-state index is 0.778. The van der Waals surface area contributed by atoms with Crippen LogP contribution in [0.15, 0.2) is 0 Å². The second-order valence-electron chi connectivity index (χ2n) is 6.33. The number of hydrogen-bond donors (Lipinski definition) is 0. The highest BCUT2D eigenvalue weighted by Gasteiger charge is 2.26. The van der Waals surface area contributed by atoms with Crippen LogP contribution in [0.1, 0.15) is 42.5 Å². The number of anilines is 1. The van der Waals surface area contributed by atoms with Crippen LogP contribution >= 0.6 is 11.3 Å². The van der Waals surface area contributed by atoms with Gasteiger partial charge in [0.2, 0.25) is 0 Å². The number of hydrogen-bond acceptors (Lipinski definition) is 4. The zero-order valence-corrected chi connectivity index (χ0v) is 13.1. The second kappa shape index (κ2) is 4.69. The van der Waals surface area contributed by atoms with Gasteiger partial charge in [0.15, 0.2) is 0 Å². The fourth-order valence-electron chi connectivity index (χ4n) is 3.69. The van der Waals surface area contributed by atoms with Crippen molar-refractivity contribution in [2.75, 3.05) is 18.0 Å². The van der Waals surface area contributed by atoms with Crippen LogP contribution < -0.4 is 4.90 Å². The number of aryl methyl sites for hydroxylation is 3. The van der Waals surface area contributed by atoms with Gasteiger partial charge in [0, 0.05) is 18.0 Å². The van der Waals surface area contributed by atoms with Gasteiger partial charge in [-0.3, -0.25) is 0 Å². The maximum absolute atomic E-state index is 4.83. The van der Waals surface area contributed by atoms with Crippen molar-refractivity contribution in [2.45, 2.75) is 46.0 Å². The number of fused-ring (bicyclic) bond motifs is 3. The largest absolute Gasteiger partial charge is 0.356 e. The molecule has 106 valence electrons. The van der Waals surface area contributed by atoms with Crippen LogP contribution in [0.25, 0.3) is 10.2 Å². The lowest BCUT2D eigenvalue weighted by molar-refractivity contribution is 0.445. The van der Waals surface area contributed by atoms with Gasteiger partial charge in [-0.15, -0.1) is 11.3 Å². The lowest BCUT2D eigenvalue weighted by atomic mass is 10.00. The Balaban J connectivity index is 1.88. The van der Waals surface area contributed by atoms with E-state index in [1.54, 1.807) is 10.4 Å². The molecule has 0 bridgehead atoms. The van der Waals surface area contributed by atoms with E-state index < -0.39 is 0 Å². The van der Waals surface area contributed by atoms with Crippen LogP contribution in [-0.4, -0.2) is 23.1 Å². The van der Waals surface area contributed by atoms with Gasteiger partial charge in [0.25, 0.3) is 0 Å². The molecule has 1 unspecified atom stereocenters. The van der Waals surface area contributed by atoms with Crippen LogP contribution in [0, 0.1) is 12.8 Å². The van der Waals surface area contributed by atoms with Gasteiger partial charge in [-0.1, -0.05) is 6.92 Å². The molecule has 4 heteroatoms. The minimum Gasteiger partial charge on any atom is -0.356 e. The van der Waals surface area contributed by atoms with Crippen LogP contribution in [0.4, 0.5) is 5.82 Å². The quantitative estimate of drug-likeness (QED) is 0.800. The monoisotopic (exact) mass is 287 g/mol. The molecule has 4 rings (SSSR count). The summed E-state index contributed by atoms with van der Waals surface area (Å²) in [6.07, 6.45) is 6.41. The first-order chi connectivity index (χ1) is 9.72. The Morgan fingerprint density at radius 2 is 2.10 bits per heavy atom. The van der Waals surface area contributed by atoms with Crippen molar-refractivity contribution in [1.29, 1.82) is 0 Å². The smallest absolute Gasteiger partial charge is 0.141 e. The lowest BCUT2D eigenvalue weighted by Crippen LogP contribution is -2.35. The van der Waals surface area contributed by atoms with Crippen molar-refractivity contribution in [2.24, 2.45) is 5.92 Å².